The fourth-order valence-corrected chi connectivity index (χ4v) is 0. The van der Waals surface area contributed by atoms with Crippen LogP contribution in [-0.4, -0.2) is 19.4 Å². The van der Waals surface area contributed by atoms with Crippen LogP contribution >= 0.6 is 9.90 Å². The van der Waals surface area contributed by atoms with E-state index in [-0.39, 0.29) is 34.0 Å². The third-order valence-electron chi connectivity index (χ3n) is 0. The van der Waals surface area contributed by atoms with Crippen molar-refractivity contribution in [2.24, 2.45) is 0 Å². The van der Waals surface area contributed by atoms with E-state index in [1.54, 1.807) is 0 Å². The summed E-state index contributed by atoms with van der Waals surface area (Å²) in [6.45, 7) is 0. The van der Waals surface area contributed by atoms with Crippen molar-refractivity contribution in [1.29, 1.82) is 0 Å². The van der Waals surface area contributed by atoms with Crippen molar-refractivity contribution in [1.82, 2.24) is 0 Å². The van der Waals surface area contributed by atoms with Gasteiger partial charge in [-0.2, -0.15) is 9.90 Å². The molecule has 0 fully saturated rings. The lowest BCUT2D eigenvalue weighted by Crippen LogP contribution is -0.382. The summed E-state index contributed by atoms with van der Waals surface area (Å²) >= 11 is 0. The zero-order valence-corrected chi connectivity index (χ0v) is 2.53. The number of rotatable bonds is 0. The Balaban J connectivity index is 0. The largest absolute Gasteiger partial charge is 0.269 e. The van der Waals surface area contributed by atoms with Crippen molar-refractivity contribution >= 4 is 29.3 Å². The first-order valence-electron chi connectivity index (χ1n) is 0. The summed E-state index contributed by atoms with van der Waals surface area (Å²) in [5.41, 5.74) is 0. The number of hydrogen-bond acceptors (Lipinski definition) is 0. The van der Waals surface area contributed by atoms with Crippen molar-refractivity contribution < 1.29 is 4.70 Å². The van der Waals surface area contributed by atoms with Gasteiger partial charge >= 0.3 is 0 Å². The van der Waals surface area contributed by atoms with E-state index < -0.39 is 0 Å². The monoisotopic (exact) mass is 100 g/mol. The normalized spacial score (nSPS) is 0. The van der Waals surface area contributed by atoms with Crippen molar-refractivity contribution in [3.05, 3.63) is 0 Å². The first-order chi connectivity index (χ1) is 0. The highest BCUT2D eigenvalue weighted by Crippen LogP contribution is 0.861. The molecule has 0 saturated heterocycles. The molecular weight excluding hydrogens is 88.9 g/mol. The van der Waals surface area contributed by atoms with Crippen molar-refractivity contribution in [2.45, 2.75) is 0 Å². The first kappa shape index (κ1) is 149. The molecule has 4 heteroatoms. The van der Waals surface area contributed by atoms with E-state index >= 15 is 0 Å². The van der Waals surface area contributed by atoms with Crippen LogP contribution in [0.15, 0.2) is 0 Å². The van der Waals surface area contributed by atoms with Gasteiger partial charge in [0.2, 0.25) is 0 Å². The summed E-state index contributed by atoms with van der Waals surface area (Å²) in [6.07, 6.45) is 0. The standard InChI is InChI=1S/BH3.FH.H3P.H4Si/h1H3;1H;1H3;1H4. The third-order valence-corrected chi connectivity index (χ3v) is 0. The molecule has 0 aromatic rings. The molecule has 0 aliphatic carbocycles. The molecule has 0 rings (SSSR count). The average molecular weight is 100.0 g/mol. The quantitative estimate of drug-likeness (QED) is 0.234. The van der Waals surface area contributed by atoms with Gasteiger partial charge in [-0.05, 0) is 11.0 Å². The van der Waals surface area contributed by atoms with E-state index in [2.05, 4.69) is 0 Å². The lowest BCUT2D eigenvalue weighted by Gasteiger charge is -0.269. The lowest BCUT2D eigenvalue weighted by molar-refractivity contribution is 1.11. The predicted molar refractivity (Wildman–Crippen MR) is 34.9 cm³/mol. The Kier molecular flexibility index (Phi) is 2310. The van der Waals surface area contributed by atoms with Crippen LogP contribution in [0.2, 0.25) is 0 Å². The second-order valence-electron chi connectivity index (χ2n) is 0. The SMILES string of the molecule is B.F.P.[SiH4]. The molecule has 0 aromatic heterocycles. The van der Waals surface area contributed by atoms with E-state index in [4.69, 9.17) is 0 Å². The van der Waals surface area contributed by atoms with Gasteiger partial charge in [-0.15, -0.1) is 0 Å². The van der Waals surface area contributed by atoms with E-state index in [9.17, 15) is 0 Å². The van der Waals surface area contributed by atoms with Crippen LogP contribution < -0.4 is 0 Å². The highest BCUT2D eigenvalue weighted by Gasteiger charge is 0.0814. The number of halogens is 1. The predicted octanol–water partition coefficient (Wildman–Crippen LogP) is -2.42. The molecular formula is H11BFPSi. The maximum absolute atomic E-state index is 0. The van der Waals surface area contributed by atoms with Gasteiger partial charge in [0.1, 0.15) is 0 Å². The van der Waals surface area contributed by atoms with Gasteiger partial charge < -0.3 is 0 Å². The van der Waals surface area contributed by atoms with Gasteiger partial charge in [0, 0.05) is 0 Å². The van der Waals surface area contributed by atoms with E-state index in [0.717, 1.165) is 0 Å². The summed E-state index contributed by atoms with van der Waals surface area (Å²) < 4.78 is 0. The first-order valence-corrected chi connectivity index (χ1v) is 0. The molecule has 0 saturated carbocycles. The smallest absolute Gasteiger partial charge is 0.0814 e. The average Bonchev–Trinajstić information content (AvgIpc) is 0. The highest BCUT2D eigenvalue weighted by atomic mass is 31.0. The fraction of sp³-hybridized carbons (Fsp3) is 0. The van der Waals surface area contributed by atoms with Crippen molar-refractivity contribution in [3.8, 4) is 0 Å². The zero-order chi connectivity index (χ0) is 0. The van der Waals surface area contributed by atoms with E-state index in [0.29, 0.717) is 0 Å². The van der Waals surface area contributed by atoms with Crippen LogP contribution in [0.1, 0.15) is 0 Å². The Hall–Kier alpha value is 0.642. The summed E-state index contributed by atoms with van der Waals surface area (Å²) in [5.74, 6) is 0. The molecule has 0 bridgehead atoms. The summed E-state index contributed by atoms with van der Waals surface area (Å²) in [4.78, 5) is 0. The molecule has 0 amide bonds. The molecule has 0 aliphatic heterocycles. The highest BCUT2D eigenvalue weighted by molar-refractivity contribution is 6.92. The van der Waals surface area contributed by atoms with Gasteiger partial charge in [0.05, 0.1) is 8.41 Å². The maximum Gasteiger partial charge on any atom is 0.0814 e. The zero-order valence-electron chi connectivity index (χ0n) is 1.12. The van der Waals surface area contributed by atoms with Crippen molar-refractivity contribution in [3.63, 3.8) is 0 Å². The van der Waals surface area contributed by atoms with Crippen LogP contribution in [0.4, 0.5) is 4.70 Å². The molecule has 1 atom stereocenters. The Bertz CT molecular complexity index is 8.00. The molecule has 0 N–H and O–H groups in total. The van der Waals surface area contributed by atoms with Crippen LogP contribution in [0.5, 0.6) is 0 Å². The maximum atomic E-state index is 0. The minimum Gasteiger partial charge on any atom is -0.269 e. The van der Waals surface area contributed by atoms with E-state index in [1.165, 1.54) is 0 Å². The number of hydrogen-bond donors (Lipinski definition) is 0. The second-order valence-corrected chi connectivity index (χ2v) is 0. The Morgan fingerprint density at radius 2 is 1.00 bits per heavy atom. The molecule has 0 aromatic carbocycles. The van der Waals surface area contributed by atoms with Crippen LogP contribution in [0.3, 0.4) is 0 Å². The van der Waals surface area contributed by atoms with Crippen LogP contribution in [0.25, 0.3) is 0 Å². The lowest BCUT2D eigenvalue weighted by atomic mass is 10.8. The minimum absolute atomic E-state index is 0. The molecule has 0 aliphatic rings. The van der Waals surface area contributed by atoms with Crippen LogP contribution in [-0.2, 0) is 0 Å². The van der Waals surface area contributed by atoms with Crippen LogP contribution in [0, 0.1) is 0 Å². The summed E-state index contributed by atoms with van der Waals surface area (Å²) in [6, 6.07) is 0. The van der Waals surface area contributed by atoms with Gasteiger partial charge in [-0.25, -0.2) is 0 Å². The minimum atomic E-state index is 0. The van der Waals surface area contributed by atoms with Gasteiger partial charge in [0.15, 0.2) is 0 Å². The molecule has 0 radical (unpaired) electrons. The summed E-state index contributed by atoms with van der Waals surface area (Å²) in [7, 11) is 0. The molecule has 0 nitrogen and oxygen atoms in total. The molecule has 0 spiro atoms. The second kappa shape index (κ2) is 61.7. The fourth-order valence-electron chi connectivity index (χ4n) is 0. The van der Waals surface area contributed by atoms with E-state index in [1.807, 2.05) is 0 Å². The molecule has 30 valence electrons. The van der Waals surface area contributed by atoms with Crippen molar-refractivity contribution in [2.75, 3.05) is 0 Å². The molecule has 1 unspecified atom stereocenters. The summed E-state index contributed by atoms with van der Waals surface area (Å²) in [5, 5.41) is 0. The Labute approximate surface area is 34.9 Å². The van der Waals surface area contributed by atoms with Gasteiger partial charge in [-0.3, -0.25) is 4.70 Å². The topological polar surface area (TPSA) is 0 Å². The Morgan fingerprint density at radius 1 is 1.00 bits per heavy atom. The van der Waals surface area contributed by atoms with Gasteiger partial charge in [-0.1, -0.05) is 0 Å². The Morgan fingerprint density at radius 3 is 1.00 bits per heavy atom. The van der Waals surface area contributed by atoms with Gasteiger partial charge in [0.25, 0.3) is 0 Å². The molecule has 0 heterocycles. The third kappa shape index (κ3) is 17.3. The molecule has 4 heavy (non-hydrogen) atoms.